The first-order chi connectivity index (χ1) is 14.6. The van der Waals surface area contributed by atoms with Gasteiger partial charge in [-0.2, -0.15) is 0 Å². The summed E-state index contributed by atoms with van der Waals surface area (Å²) < 4.78 is 11.8. The van der Waals surface area contributed by atoms with Gasteiger partial charge in [-0.05, 0) is 42.3 Å². The zero-order valence-corrected chi connectivity index (χ0v) is 17.9. The fraction of sp³-hybridized carbons (Fsp3) is 0.167. The topological polar surface area (TPSA) is 51.7 Å². The van der Waals surface area contributed by atoms with E-state index in [1.165, 1.54) is 11.3 Å². The van der Waals surface area contributed by atoms with Crippen LogP contribution in [-0.4, -0.2) is 25.1 Å². The molecule has 0 radical (unpaired) electrons. The molecule has 3 aromatic carbocycles. The Bertz CT molecular complexity index is 1190. The summed E-state index contributed by atoms with van der Waals surface area (Å²) in [5, 5.41) is 0.651. The van der Waals surface area contributed by atoms with E-state index in [9.17, 15) is 4.79 Å². The van der Waals surface area contributed by atoms with Gasteiger partial charge in [-0.1, -0.05) is 53.8 Å². The Morgan fingerprint density at radius 3 is 2.50 bits per heavy atom. The lowest BCUT2D eigenvalue weighted by Crippen LogP contribution is -2.30. The normalized spacial score (nSPS) is 10.8. The molecule has 0 saturated carbocycles. The Labute approximate surface area is 179 Å². The largest absolute Gasteiger partial charge is 0.497 e. The molecule has 0 saturated heterocycles. The summed E-state index contributed by atoms with van der Waals surface area (Å²) in [5.41, 5.74) is 3.45. The lowest BCUT2D eigenvalue weighted by atomic mass is 10.1. The number of ether oxygens (including phenoxy) is 2. The monoisotopic (exact) mass is 418 g/mol. The van der Waals surface area contributed by atoms with Crippen molar-refractivity contribution in [2.45, 2.75) is 13.5 Å². The number of hydrogen-bond donors (Lipinski definition) is 0. The molecule has 0 atom stereocenters. The standard InChI is InChI=1S/C24H22N2O3S/c1-16-8-7-11-21-22(16)25-24(30-21)26(15-17-9-5-4-6-10-17)23(27)19-14-18(28-2)12-13-20(19)29-3/h4-14H,15H2,1-3H3. The minimum atomic E-state index is -0.189. The molecule has 0 aliphatic heterocycles. The SMILES string of the molecule is COc1ccc(OC)c(C(=O)N(Cc2ccccc2)c2nc3c(C)cccc3s2)c1. The van der Waals surface area contributed by atoms with Crippen LogP contribution in [-0.2, 0) is 6.54 Å². The predicted octanol–water partition coefficient (Wildman–Crippen LogP) is 5.47. The van der Waals surface area contributed by atoms with E-state index in [0.29, 0.717) is 28.7 Å². The second kappa shape index (κ2) is 8.55. The summed E-state index contributed by atoms with van der Waals surface area (Å²) in [4.78, 5) is 20.2. The molecule has 4 aromatic rings. The second-order valence-corrected chi connectivity index (χ2v) is 7.87. The zero-order valence-electron chi connectivity index (χ0n) is 17.1. The summed E-state index contributed by atoms with van der Waals surface area (Å²) in [7, 11) is 3.13. The third-order valence-electron chi connectivity index (χ3n) is 4.91. The average Bonchev–Trinajstić information content (AvgIpc) is 3.22. The van der Waals surface area contributed by atoms with E-state index in [-0.39, 0.29) is 5.91 Å². The smallest absolute Gasteiger partial charge is 0.264 e. The summed E-state index contributed by atoms with van der Waals surface area (Å²) in [6, 6.07) is 21.2. The highest BCUT2D eigenvalue weighted by Gasteiger charge is 2.25. The van der Waals surface area contributed by atoms with Crippen molar-refractivity contribution in [2.75, 3.05) is 19.1 Å². The van der Waals surface area contributed by atoms with Gasteiger partial charge < -0.3 is 9.47 Å². The number of aryl methyl sites for hydroxylation is 1. The summed E-state index contributed by atoms with van der Waals surface area (Å²) in [6.45, 7) is 2.43. The van der Waals surface area contributed by atoms with Crippen LogP contribution in [0.25, 0.3) is 10.2 Å². The molecule has 0 spiro atoms. The van der Waals surface area contributed by atoms with Gasteiger partial charge in [0.1, 0.15) is 11.5 Å². The van der Waals surface area contributed by atoms with Crippen molar-refractivity contribution in [2.24, 2.45) is 0 Å². The van der Waals surface area contributed by atoms with E-state index in [1.54, 1.807) is 37.3 Å². The number of rotatable bonds is 6. The molecule has 4 rings (SSSR count). The van der Waals surface area contributed by atoms with Gasteiger partial charge in [0.2, 0.25) is 0 Å². The van der Waals surface area contributed by atoms with Crippen LogP contribution in [0, 0.1) is 6.92 Å². The van der Waals surface area contributed by atoms with Crippen molar-refractivity contribution in [1.29, 1.82) is 0 Å². The van der Waals surface area contributed by atoms with Gasteiger partial charge in [0, 0.05) is 0 Å². The van der Waals surface area contributed by atoms with E-state index < -0.39 is 0 Å². The minimum absolute atomic E-state index is 0.189. The van der Waals surface area contributed by atoms with E-state index >= 15 is 0 Å². The molecular weight excluding hydrogens is 396 g/mol. The van der Waals surface area contributed by atoms with Crippen LogP contribution in [0.2, 0.25) is 0 Å². The fourth-order valence-electron chi connectivity index (χ4n) is 3.31. The quantitative estimate of drug-likeness (QED) is 0.417. The fourth-order valence-corrected chi connectivity index (χ4v) is 4.35. The van der Waals surface area contributed by atoms with Crippen molar-refractivity contribution in [1.82, 2.24) is 4.98 Å². The number of amides is 1. The van der Waals surface area contributed by atoms with E-state index in [2.05, 4.69) is 0 Å². The number of carbonyl (C=O) groups excluding carboxylic acids is 1. The van der Waals surface area contributed by atoms with Gasteiger partial charge in [0.15, 0.2) is 5.13 Å². The molecule has 0 fully saturated rings. The number of carbonyl (C=O) groups is 1. The third-order valence-corrected chi connectivity index (χ3v) is 5.95. The maximum absolute atomic E-state index is 13.7. The molecule has 0 unspecified atom stereocenters. The molecule has 0 N–H and O–H groups in total. The maximum Gasteiger partial charge on any atom is 0.264 e. The van der Waals surface area contributed by atoms with Gasteiger partial charge in [-0.15, -0.1) is 0 Å². The lowest BCUT2D eigenvalue weighted by Gasteiger charge is -2.21. The van der Waals surface area contributed by atoms with Crippen LogP contribution in [0.15, 0.2) is 66.7 Å². The molecule has 152 valence electrons. The van der Waals surface area contributed by atoms with Crippen molar-refractivity contribution >= 4 is 32.6 Å². The van der Waals surface area contributed by atoms with Gasteiger partial charge >= 0.3 is 0 Å². The van der Waals surface area contributed by atoms with Crippen molar-refractivity contribution in [3.8, 4) is 11.5 Å². The molecule has 30 heavy (non-hydrogen) atoms. The Morgan fingerprint density at radius 1 is 1.00 bits per heavy atom. The molecular formula is C24H22N2O3S. The van der Waals surface area contributed by atoms with Crippen molar-refractivity contribution < 1.29 is 14.3 Å². The number of methoxy groups -OCH3 is 2. The maximum atomic E-state index is 13.7. The number of benzene rings is 3. The summed E-state index contributed by atoms with van der Waals surface area (Å²) >= 11 is 1.51. The molecule has 0 aliphatic carbocycles. The van der Waals surface area contributed by atoms with E-state index in [0.717, 1.165) is 21.3 Å². The van der Waals surface area contributed by atoms with Gasteiger partial charge in [-0.3, -0.25) is 9.69 Å². The highest BCUT2D eigenvalue weighted by molar-refractivity contribution is 7.22. The molecule has 5 nitrogen and oxygen atoms in total. The van der Waals surface area contributed by atoms with E-state index in [1.807, 2.05) is 55.5 Å². The first-order valence-electron chi connectivity index (χ1n) is 9.54. The Kier molecular flexibility index (Phi) is 5.68. The molecule has 0 aliphatic rings. The number of aromatic nitrogens is 1. The Hall–Kier alpha value is -3.38. The lowest BCUT2D eigenvalue weighted by molar-refractivity contribution is 0.0982. The van der Waals surface area contributed by atoms with Crippen LogP contribution in [0.5, 0.6) is 11.5 Å². The Balaban J connectivity index is 1.82. The van der Waals surface area contributed by atoms with Crippen LogP contribution >= 0.6 is 11.3 Å². The first-order valence-corrected chi connectivity index (χ1v) is 10.4. The minimum Gasteiger partial charge on any atom is -0.497 e. The average molecular weight is 419 g/mol. The predicted molar refractivity (Wildman–Crippen MR) is 121 cm³/mol. The van der Waals surface area contributed by atoms with Crippen LogP contribution < -0.4 is 14.4 Å². The zero-order chi connectivity index (χ0) is 21.1. The number of para-hydroxylation sites is 1. The first kappa shape index (κ1) is 19.9. The van der Waals surface area contributed by atoms with Gasteiger partial charge in [0.25, 0.3) is 5.91 Å². The van der Waals surface area contributed by atoms with Crippen LogP contribution in [0.1, 0.15) is 21.5 Å². The number of nitrogens with zero attached hydrogens (tertiary/aromatic N) is 2. The molecule has 0 bridgehead atoms. The van der Waals surface area contributed by atoms with E-state index in [4.69, 9.17) is 14.5 Å². The summed E-state index contributed by atoms with van der Waals surface area (Å²) in [6.07, 6.45) is 0. The Morgan fingerprint density at radius 2 is 1.80 bits per heavy atom. The second-order valence-electron chi connectivity index (χ2n) is 6.86. The summed E-state index contributed by atoms with van der Waals surface area (Å²) in [5.74, 6) is 0.904. The van der Waals surface area contributed by atoms with Crippen molar-refractivity contribution in [3.05, 3.63) is 83.4 Å². The number of anilines is 1. The number of fused-ring (bicyclic) bond motifs is 1. The highest BCUT2D eigenvalue weighted by Crippen LogP contribution is 2.34. The third kappa shape index (κ3) is 3.86. The van der Waals surface area contributed by atoms with Gasteiger partial charge in [0.05, 0.1) is 36.5 Å². The molecule has 6 heteroatoms. The van der Waals surface area contributed by atoms with Gasteiger partial charge in [-0.25, -0.2) is 4.98 Å². The number of thiazole rings is 1. The van der Waals surface area contributed by atoms with Crippen LogP contribution in [0.4, 0.5) is 5.13 Å². The van der Waals surface area contributed by atoms with Crippen LogP contribution in [0.3, 0.4) is 0 Å². The van der Waals surface area contributed by atoms with Crippen molar-refractivity contribution in [3.63, 3.8) is 0 Å². The molecule has 1 heterocycles. The number of hydrogen-bond acceptors (Lipinski definition) is 5. The molecule has 1 aromatic heterocycles. The highest BCUT2D eigenvalue weighted by atomic mass is 32.1. The molecule has 1 amide bonds.